The molecule has 0 fully saturated rings. The van der Waals surface area contributed by atoms with Gasteiger partial charge in [0.05, 0.1) is 0 Å². The minimum absolute atomic E-state index is 0.0210. The average molecular weight is 172 g/mol. The van der Waals surface area contributed by atoms with E-state index >= 15 is 0 Å². The highest BCUT2D eigenvalue weighted by atomic mass is 35.5. The van der Waals surface area contributed by atoms with Gasteiger partial charge in [-0.15, -0.1) is 11.6 Å². The van der Waals surface area contributed by atoms with Crippen LogP contribution in [0.2, 0.25) is 0 Å². The van der Waals surface area contributed by atoms with E-state index in [2.05, 4.69) is 6.92 Å². The SMILES string of the molecule is [CH2]C(CCl)c1cccc(F)c1. The van der Waals surface area contributed by atoms with Crippen molar-refractivity contribution in [2.24, 2.45) is 0 Å². The molecule has 59 valence electrons. The Morgan fingerprint density at radius 3 is 2.82 bits per heavy atom. The van der Waals surface area contributed by atoms with E-state index in [0.29, 0.717) is 5.88 Å². The minimum atomic E-state index is -0.235. The fourth-order valence-electron chi connectivity index (χ4n) is 0.850. The maximum atomic E-state index is 12.6. The van der Waals surface area contributed by atoms with Gasteiger partial charge in [-0.1, -0.05) is 12.1 Å². The number of benzene rings is 1. The van der Waals surface area contributed by atoms with Crippen LogP contribution in [0.15, 0.2) is 24.3 Å². The van der Waals surface area contributed by atoms with Crippen molar-refractivity contribution < 1.29 is 4.39 Å². The summed E-state index contributed by atoms with van der Waals surface area (Å²) in [6.07, 6.45) is 0. The molecule has 0 saturated heterocycles. The Bertz CT molecular complexity index is 235. The van der Waals surface area contributed by atoms with E-state index in [-0.39, 0.29) is 11.7 Å². The van der Waals surface area contributed by atoms with Crippen molar-refractivity contribution in [1.29, 1.82) is 0 Å². The minimum Gasteiger partial charge on any atom is -0.207 e. The Morgan fingerprint density at radius 2 is 2.27 bits per heavy atom. The molecule has 1 aromatic carbocycles. The molecular weight excluding hydrogens is 163 g/mol. The number of rotatable bonds is 2. The van der Waals surface area contributed by atoms with Gasteiger partial charge in [-0.05, 0) is 30.5 Å². The van der Waals surface area contributed by atoms with Crippen LogP contribution in [-0.2, 0) is 0 Å². The highest BCUT2D eigenvalue weighted by molar-refractivity contribution is 6.18. The first-order valence-electron chi connectivity index (χ1n) is 3.38. The Balaban J connectivity index is 2.86. The van der Waals surface area contributed by atoms with Gasteiger partial charge in [0.1, 0.15) is 5.82 Å². The van der Waals surface area contributed by atoms with Gasteiger partial charge in [0.25, 0.3) is 0 Å². The highest BCUT2D eigenvalue weighted by Crippen LogP contribution is 2.16. The summed E-state index contributed by atoms with van der Waals surface area (Å²) < 4.78 is 12.6. The molecule has 0 aromatic heterocycles. The van der Waals surface area contributed by atoms with E-state index in [1.165, 1.54) is 12.1 Å². The third-order valence-electron chi connectivity index (χ3n) is 1.51. The molecule has 0 heterocycles. The van der Waals surface area contributed by atoms with E-state index < -0.39 is 0 Å². The van der Waals surface area contributed by atoms with Crippen LogP contribution < -0.4 is 0 Å². The lowest BCUT2D eigenvalue weighted by atomic mass is 10.0. The van der Waals surface area contributed by atoms with Crippen LogP contribution >= 0.6 is 11.6 Å². The van der Waals surface area contributed by atoms with Crippen molar-refractivity contribution in [3.63, 3.8) is 0 Å². The topological polar surface area (TPSA) is 0 Å². The summed E-state index contributed by atoms with van der Waals surface area (Å²) in [6, 6.07) is 6.35. The van der Waals surface area contributed by atoms with Gasteiger partial charge in [0, 0.05) is 5.88 Å². The Hall–Kier alpha value is -0.560. The molecule has 0 N–H and O–H groups in total. The van der Waals surface area contributed by atoms with E-state index in [0.717, 1.165) is 5.56 Å². The van der Waals surface area contributed by atoms with E-state index in [9.17, 15) is 4.39 Å². The largest absolute Gasteiger partial charge is 0.207 e. The molecule has 0 bridgehead atoms. The normalized spacial score (nSPS) is 13.0. The number of alkyl halides is 1. The fourth-order valence-corrected chi connectivity index (χ4v) is 1.03. The summed E-state index contributed by atoms with van der Waals surface area (Å²) in [5.74, 6) is 0.164. The van der Waals surface area contributed by atoms with Gasteiger partial charge in [0.2, 0.25) is 0 Å². The fraction of sp³-hybridized carbons (Fsp3) is 0.222. The van der Waals surface area contributed by atoms with Crippen LogP contribution in [0.4, 0.5) is 4.39 Å². The Morgan fingerprint density at radius 1 is 1.55 bits per heavy atom. The maximum absolute atomic E-state index is 12.6. The Kier molecular flexibility index (Phi) is 2.89. The molecular formula is C9H9ClF. The molecule has 1 radical (unpaired) electrons. The second kappa shape index (κ2) is 3.72. The van der Waals surface area contributed by atoms with Crippen LogP contribution in [0, 0.1) is 12.7 Å². The van der Waals surface area contributed by atoms with Gasteiger partial charge >= 0.3 is 0 Å². The zero-order valence-electron chi connectivity index (χ0n) is 6.06. The zero-order chi connectivity index (χ0) is 8.27. The van der Waals surface area contributed by atoms with Gasteiger partial charge in [-0.3, -0.25) is 0 Å². The molecule has 0 aliphatic heterocycles. The molecule has 0 nitrogen and oxygen atoms in total. The quantitative estimate of drug-likeness (QED) is 0.601. The van der Waals surface area contributed by atoms with Gasteiger partial charge in [-0.2, -0.15) is 0 Å². The molecule has 0 amide bonds. The first kappa shape index (κ1) is 8.54. The van der Waals surface area contributed by atoms with Crippen molar-refractivity contribution in [1.82, 2.24) is 0 Å². The van der Waals surface area contributed by atoms with Crippen molar-refractivity contribution >= 4 is 11.6 Å². The lowest BCUT2D eigenvalue weighted by molar-refractivity contribution is 0.624. The van der Waals surface area contributed by atoms with Gasteiger partial charge < -0.3 is 0 Å². The molecule has 0 aliphatic carbocycles. The molecule has 0 aliphatic rings. The highest BCUT2D eigenvalue weighted by Gasteiger charge is 2.03. The van der Waals surface area contributed by atoms with E-state index in [1.54, 1.807) is 6.07 Å². The second-order valence-corrected chi connectivity index (χ2v) is 2.71. The van der Waals surface area contributed by atoms with E-state index in [1.807, 2.05) is 6.07 Å². The predicted molar refractivity (Wildman–Crippen MR) is 45.2 cm³/mol. The average Bonchev–Trinajstić information content (AvgIpc) is 2.03. The van der Waals surface area contributed by atoms with E-state index in [4.69, 9.17) is 11.6 Å². The number of halogens is 2. The predicted octanol–water partition coefficient (Wildman–Crippen LogP) is 2.98. The van der Waals surface area contributed by atoms with Crippen LogP contribution in [0.25, 0.3) is 0 Å². The number of hydrogen-bond donors (Lipinski definition) is 0. The Labute approximate surface area is 71.0 Å². The summed E-state index contributed by atoms with van der Waals surface area (Å²) >= 11 is 5.55. The van der Waals surface area contributed by atoms with Crippen LogP contribution in [0.5, 0.6) is 0 Å². The monoisotopic (exact) mass is 171 g/mol. The molecule has 1 rings (SSSR count). The number of hydrogen-bond acceptors (Lipinski definition) is 0. The summed E-state index contributed by atoms with van der Waals surface area (Å²) in [7, 11) is 0. The molecule has 2 heteroatoms. The summed E-state index contributed by atoms with van der Waals surface area (Å²) in [5.41, 5.74) is 0.847. The smallest absolute Gasteiger partial charge is 0.123 e. The third kappa shape index (κ3) is 2.19. The molecule has 11 heavy (non-hydrogen) atoms. The van der Waals surface area contributed by atoms with Crippen molar-refractivity contribution in [3.8, 4) is 0 Å². The lowest BCUT2D eigenvalue weighted by Crippen LogP contribution is -1.94. The van der Waals surface area contributed by atoms with Crippen molar-refractivity contribution in [2.75, 3.05) is 5.88 Å². The molecule has 1 atom stereocenters. The lowest BCUT2D eigenvalue weighted by Gasteiger charge is -2.06. The summed E-state index contributed by atoms with van der Waals surface area (Å²) in [4.78, 5) is 0. The molecule has 1 unspecified atom stereocenters. The molecule has 1 aromatic rings. The zero-order valence-corrected chi connectivity index (χ0v) is 6.81. The molecule has 0 saturated carbocycles. The third-order valence-corrected chi connectivity index (χ3v) is 1.88. The molecule has 0 spiro atoms. The van der Waals surface area contributed by atoms with Gasteiger partial charge in [-0.25, -0.2) is 4.39 Å². The van der Waals surface area contributed by atoms with Crippen LogP contribution in [-0.4, -0.2) is 5.88 Å². The van der Waals surface area contributed by atoms with Crippen LogP contribution in [0.3, 0.4) is 0 Å². The maximum Gasteiger partial charge on any atom is 0.123 e. The second-order valence-electron chi connectivity index (χ2n) is 2.41. The van der Waals surface area contributed by atoms with Crippen LogP contribution in [0.1, 0.15) is 11.5 Å². The first-order chi connectivity index (χ1) is 5.24. The first-order valence-corrected chi connectivity index (χ1v) is 3.92. The standard InChI is InChI=1S/C9H9ClF/c1-7(6-10)8-3-2-4-9(11)5-8/h2-5,7H,1,6H2. The summed E-state index contributed by atoms with van der Waals surface area (Å²) in [5, 5.41) is 0. The van der Waals surface area contributed by atoms with Crippen molar-refractivity contribution in [3.05, 3.63) is 42.6 Å². The van der Waals surface area contributed by atoms with Crippen molar-refractivity contribution in [2.45, 2.75) is 5.92 Å². The van der Waals surface area contributed by atoms with Gasteiger partial charge in [0.15, 0.2) is 0 Å². The summed E-state index contributed by atoms with van der Waals surface area (Å²) in [6.45, 7) is 3.77.